The summed E-state index contributed by atoms with van der Waals surface area (Å²) in [6.45, 7) is 5.99. The van der Waals surface area contributed by atoms with Gasteiger partial charge in [0, 0.05) is 0 Å². The van der Waals surface area contributed by atoms with E-state index in [-0.39, 0.29) is 0 Å². The summed E-state index contributed by atoms with van der Waals surface area (Å²) in [5.41, 5.74) is 0.642. The molecule has 0 aromatic carbocycles. The van der Waals surface area contributed by atoms with E-state index >= 15 is 0 Å². The second kappa shape index (κ2) is 3.61. The molecule has 0 amide bonds. The SMILES string of the molecule is CC(C)=CC(C)(O)CC1CCC1. The van der Waals surface area contributed by atoms with Crippen LogP contribution >= 0.6 is 0 Å². The monoisotopic (exact) mass is 168 g/mol. The highest BCUT2D eigenvalue weighted by Gasteiger charge is 2.26. The first-order valence-corrected chi connectivity index (χ1v) is 4.88. The van der Waals surface area contributed by atoms with Crippen LogP contribution in [0.3, 0.4) is 0 Å². The standard InChI is InChI=1S/C11H20O/c1-9(2)7-11(3,12)8-10-5-4-6-10/h7,10,12H,4-6,8H2,1-3H3. The third kappa shape index (κ3) is 2.98. The van der Waals surface area contributed by atoms with Crippen LogP contribution in [0.2, 0.25) is 0 Å². The van der Waals surface area contributed by atoms with Crippen LogP contribution in [0.4, 0.5) is 0 Å². The van der Waals surface area contributed by atoms with Gasteiger partial charge in [-0.2, -0.15) is 0 Å². The number of rotatable bonds is 3. The summed E-state index contributed by atoms with van der Waals surface area (Å²) in [6.07, 6.45) is 6.90. The third-order valence-electron chi connectivity index (χ3n) is 2.53. The van der Waals surface area contributed by atoms with Gasteiger partial charge in [-0.25, -0.2) is 0 Å². The molecule has 1 N–H and O–H groups in total. The molecule has 1 aliphatic rings. The lowest BCUT2D eigenvalue weighted by Gasteiger charge is -2.31. The normalized spacial score (nSPS) is 22.7. The van der Waals surface area contributed by atoms with Gasteiger partial charge in [0.15, 0.2) is 0 Å². The summed E-state index contributed by atoms with van der Waals surface area (Å²) in [7, 11) is 0. The molecule has 1 aliphatic carbocycles. The van der Waals surface area contributed by atoms with E-state index in [2.05, 4.69) is 0 Å². The fraction of sp³-hybridized carbons (Fsp3) is 0.818. The van der Waals surface area contributed by atoms with Crippen molar-refractivity contribution in [2.75, 3.05) is 0 Å². The zero-order valence-electron chi connectivity index (χ0n) is 8.43. The summed E-state index contributed by atoms with van der Waals surface area (Å²) in [5, 5.41) is 9.94. The summed E-state index contributed by atoms with van der Waals surface area (Å²) in [6, 6.07) is 0. The van der Waals surface area contributed by atoms with E-state index in [9.17, 15) is 5.11 Å². The molecule has 0 saturated heterocycles. The molecule has 12 heavy (non-hydrogen) atoms. The van der Waals surface area contributed by atoms with E-state index < -0.39 is 5.60 Å². The van der Waals surface area contributed by atoms with Crippen LogP contribution in [-0.4, -0.2) is 10.7 Å². The molecule has 0 aromatic rings. The Hall–Kier alpha value is -0.300. The second-order valence-electron chi connectivity index (χ2n) is 4.58. The Labute approximate surface area is 75.5 Å². The molecule has 0 bridgehead atoms. The van der Waals surface area contributed by atoms with Crippen molar-refractivity contribution in [1.82, 2.24) is 0 Å². The number of hydrogen-bond acceptors (Lipinski definition) is 1. The third-order valence-corrected chi connectivity index (χ3v) is 2.53. The molecule has 1 atom stereocenters. The van der Waals surface area contributed by atoms with Gasteiger partial charge in [-0.05, 0) is 33.1 Å². The molecular weight excluding hydrogens is 148 g/mol. The first kappa shape index (κ1) is 9.79. The van der Waals surface area contributed by atoms with Crippen LogP contribution in [0, 0.1) is 5.92 Å². The zero-order chi connectivity index (χ0) is 9.19. The van der Waals surface area contributed by atoms with Gasteiger partial charge in [0.05, 0.1) is 5.60 Å². The largest absolute Gasteiger partial charge is 0.386 e. The zero-order valence-corrected chi connectivity index (χ0v) is 8.43. The van der Waals surface area contributed by atoms with Gasteiger partial charge in [-0.1, -0.05) is 30.9 Å². The number of allylic oxidation sites excluding steroid dienone is 1. The van der Waals surface area contributed by atoms with Gasteiger partial charge in [0.1, 0.15) is 0 Å². The van der Waals surface area contributed by atoms with Crippen molar-refractivity contribution >= 4 is 0 Å². The fourth-order valence-electron chi connectivity index (χ4n) is 1.96. The van der Waals surface area contributed by atoms with E-state index in [1.165, 1.54) is 24.8 Å². The van der Waals surface area contributed by atoms with Crippen LogP contribution < -0.4 is 0 Å². The fourth-order valence-corrected chi connectivity index (χ4v) is 1.96. The van der Waals surface area contributed by atoms with Crippen molar-refractivity contribution in [3.8, 4) is 0 Å². The first-order chi connectivity index (χ1) is 5.49. The summed E-state index contributed by atoms with van der Waals surface area (Å²) in [4.78, 5) is 0. The maximum absolute atomic E-state index is 9.94. The first-order valence-electron chi connectivity index (χ1n) is 4.88. The minimum absolute atomic E-state index is 0.566. The van der Waals surface area contributed by atoms with Gasteiger partial charge < -0.3 is 5.11 Å². The molecule has 1 rings (SSSR count). The van der Waals surface area contributed by atoms with Crippen molar-refractivity contribution in [2.45, 2.75) is 52.1 Å². The highest BCUT2D eigenvalue weighted by Crippen LogP contribution is 2.34. The lowest BCUT2D eigenvalue weighted by molar-refractivity contribution is 0.0633. The van der Waals surface area contributed by atoms with E-state index in [1.807, 2.05) is 26.8 Å². The molecule has 0 aromatic heterocycles. The Kier molecular flexibility index (Phi) is 2.94. The molecule has 1 fully saturated rings. The predicted octanol–water partition coefficient (Wildman–Crippen LogP) is 2.89. The predicted molar refractivity (Wildman–Crippen MR) is 52.0 cm³/mol. The molecule has 0 radical (unpaired) electrons. The van der Waals surface area contributed by atoms with Crippen molar-refractivity contribution in [3.05, 3.63) is 11.6 Å². The molecule has 1 nitrogen and oxygen atoms in total. The van der Waals surface area contributed by atoms with Crippen LogP contribution in [0.15, 0.2) is 11.6 Å². The Bertz CT molecular complexity index is 171. The minimum atomic E-state index is -0.566. The minimum Gasteiger partial charge on any atom is -0.386 e. The molecule has 0 heterocycles. The van der Waals surface area contributed by atoms with Crippen molar-refractivity contribution in [1.29, 1.82) is 0 Å². The summed E-state index contributed by atoms with van der Waals surface area (Å²) in [5.74, 6) is 0.774. The Morgan fingerprint density at radius 1 is 1.50 bits per heavy atom. The smallest absolute Gasteiger partial charge is 0.0804 e. The van der Waals surface area contributed by atoms with Crippen LogP contribution in [0.25, 0.3) is 0 Å². The average molecular weight is 168 g/mol. The summed E-state index contributed by atoms with van der Waals surface area (Å²) >= 11 is 0. The van der Waals surface area contributed by atoms with Crippen LogP contribution in [0.5, 0.6) is 0 Å². The van der Waals surface area contributed by atoms with E-state index in [0.717, 1.165) is 12.3 Å². The van der Waals surface area contributed by atoms with Gasteiger partial charge in [-0.3, -0.25) is 0 Å². The van der Waals surface area contributed by atoms with Crippen molar-refractivity contribution < 1.29 is 5.11 Å². The van der Waals surface area contributed by atoms with Gasteiger partial charge in [0.25, 0.3) is 0 Å². The highest BCUT2D eigenvalue weighted by molar-refractivity contribution is 5.05. The Morgan fingerprint density at radius 2 is 2.08 bits per heavy atom. The summed E-state index contributed by atoms with van der Waals surface area (Å²) < 4.78 is 0. The van der Waals surface area contributed by atoms with Crippen molar-refractivity contribution in [2.24, 2.45) is 5.92 Å². The second-order valence-corrected chi connectivity index (χ2v) is 4.58. The molecule has 1 saturated carbocycles. The highest BCUT2D eigenvalue weighted by atomic mass is 16.3. The maximum atomic E-state index is 9.94. The van der Waals surface area contributed by atoms with Crippen LogP contribution in [-0.2, 0) is 0 Å². The maximum Gasteiger partial charge on any atom is 0.0804 e. The lowest BCUT2D eigenvalue weighted by Crippen LogP contribution is -2.28. The molecule has 1 heteroatoms. The molecule has 0 aliphatic heterocycles. The van der Waals surface area contributed by atoms with Gasteiger partial charge >= 0.3 is 0 Å². The lowest BCUT2D eigenvalue weighted by atomic mass is 9.77. The molecule has 70 valence electrons. The number of aliphatic hydroxyl groups is 1. The Morgan fingerprint density at radius 3 is 2.42 bits per heavy atom. The molecular formula is C11H20O. The van der Waals surface area contributed by atoms with Crippen LogP contribution in [0.1, 0.15) is 46.5 Å². The Balaban J connectivity index is 2.41. The molecule has 0 spiro atoms. The van der Waals surface area contributed by atoms with Gasteiger partial charge in [0.2, 0.25) is 0 Å². The van der Waals surface area contributed by atoms with E-state index in [0.29, 0.717) is 0 Å². The number of hydrogen-bond donors (Lipinski definition) is 1. The van der Waals surface area contributed by atoms with E-state index in [4.69, 9.17) is 0 Å². The van der Waals surface area contributed by atoms with E-state index in [1.54, 1.807) is 0 Å². The molecule has 1 unspecified atom stereocenters. The van der Waals surface area contributed by atoms with Gasteiger partial charge in [-0.15, -0.1) is 0 Å². The van der Waals surface area contributed by atoms with Crippen molar-refractivity contribution in [3.63, 3.8) is 0 Å². The topological polar surface area (TPSA) is 20.2 Å². The quantitative estimate of drug-likeness (QED) is 0.642. The average Bonchev–Trinajstić information content (AvgIpc) is 1.76.